The Balaban J connectivity index is 3.99. The molecule has 0 amide bonds. The highest BCUT2D eigenvalue weighted by Crippen LogP contribution is 2.06. The van der Waals surface area contributed by atoms with Crippen LogP contribution >= 0.6 is 0 Å². The molecule has 0 aromatic rings. The molecule has 0 radical (unpaired) electrons. The molecule has 0 aliphatic heterocycles. The molecule has 0 aromatic carbocycles. The number of hydrogen-bond donors (Lipinski definition) is 1. The van der Waals surface area contributed by atoms with E-state index in [2.05, 4.69) is 5.73 Å². The van der Waals surface area contributed by atoms with Crippen molar-refractivity contribution in [1.82, 2.24) is 0 Å². The van der Waals surface area contributed by atoms with E-state index in [4.69, 9.17) is 9.84 Å². The normalized spacial score (nSPS) is 10.0. The number of esters is 1. The monoisotopic (exact) mass is 170 g/mol. The predicted octanol–water partition coefficient (Wildman–Crippen LogP) is 1.03. The van der Waals surface area contributed by atoms with Gasteiger partial charge in [-0.3, -0.25) is 0 Å². The average Bonchev–Trinajstić information content (AvgIpc) is 1.84. The zero-order valence-corrected chi connectivity index (χ0v) is 7.63. The summed E-state index contributed by atoms with van der Waals surface area (Å²) in [5.41, 5.74) is 2.01. The van der Waals surface area contributed by atoms with Crippen molar-refractivity contribution in [2.24, 2.45) is 0 Å². The van der Waals surface area contributed by atoms with E-state index in [9.17, 15) is 4.79 Å². The first-order chi connectivity index (χ1) is 5.45. The fraction of sp³-hybridized carbons (Fsp3) is 0.556. The summed E-state index contributed by atoms with van der Waals surface area (Å²) in [6, 6.07) is 0. The molecule has 0 saturated carbocycles. The van der Waals surface area contributed by atoms with Crippen LogP contribution in [0.3, 0.4) is 0 Å². The molecule has 0 unspecified atom stereocenters. The summed E-state index contributed by atoms with van der Waals surface area (Å²) in [7, 11) is 0. The number of carbonyl (C=O) groups is 1. The lowest BCUT2D eigenvalue weighted by Crippen LogP contribution is -2.22. The van der Waals surface area contributed by atoms with Crippen molar-refractivity contribution in [2.45, 2.75) is 26.4 Å². The van der Waals surface area contributed by atoms with Crippen LogP contribution < -0.4 is 0 Å². The summed E-state index contributed by atoms with van der Waals surface area (Å²) in [4.78, 5) is 10.9. The van der Waals surface area contributed by atoms with Gasteiger partial charge >= 0.3 is 5.97 Å². The van der Waals surface area contributed by atoms with Crippen molar-refractivity contribution in [2.75, 3.05) is 6.61 Å². The molecule has 0 aliphatic rings. The first kappa shape index (κ1) is 11.0. The molecule has 0 spiro atoms. The highest BCUT2D eigenvalue weighted by molar-refractivity contribution is 5.82. The summed E-state index contributed by atoms with van der Waals surface area (Å²) in [5, 5.41) is 8.32. The minimum atomic E-state index is -0.478. The zero-order valence-electron chi connectivity index (χ0n) is 7.63. The van der Waals surface area contributed by atoms with Crippen LogP contribution in [0.2, 0.25) is 0 Å². The maximum Gasteiger partial charge on any atom is 0.339 e. The van der Waals surface area contributed by atoms with E-state index in [0.29, 0.717) is 0 Å². The van der Waals surface area contributed by atoms with Crippen LogP contribution in [0.15, 0.2) is 17.9 Å². The highest BCUT2D eigenvalue weighted by atomic mass is 16.6. The summed E-state index contributed by atoms with van der Waals surface area (Å²) in [6.07, 6.45) is 2.49. The molecule has 0 heterocycles. The quantitative estimate of drug-likeness (QED) is 0.382. The predicted molar refractivity (Wildman–Crippen MR) is 45.6 cm³/mol. The molecule has 0 saturated heterocycles. The molecule has 0 atom stereocenters. The van der Waals surface area contributed by atoms with Crippen LogP contribution in [0, 0.1) is 0 Å². The van der Waals surface area contributed by atoms with E-state index >= 15 is 0 Å². The smallest absolute Gasteiger partial charge is 0.339 e. The van der Waals surface area contributed by atoms with Gasteiger partial charge in [-0.25, -0.2) is 4.79 Å². The SMILES string of the molecule is CC(C)(C)OC(=O)C=C=CCO. The second-order valence-corrected chi connectivity index (χ2v) is 3.23. The van der Waals surface area contributed by atoms with Crippen LogP contribution in [0.4, 0.5) is 0 Å². The molecule has 68 valence electrons. The van der Waals surface area contributed by atoms with Crippen LogP contribution in [0.1, 0.15) is 20.8 Å². The van der Waals surface area contributed by atoms with Gasteiger partial charge in [-0.1, -0.05) is 0 Å². The van der Waals surface area contributed by atoms with Crippen molar-refractivity contribution in [1.29, 1.82) is 0 Å². The Morgan fingerprint density at radius 2 is 2.17 bits per heavy atom. The fourth-order valence-corrected chi connectivity index (χ4v) is 0.511. The number of rotatable bonds is 2. The summed E-state index contributed by atoms with van der Waals surface area (Å²) < 4.78 is 4.93. The molecular weight excluding hydrogens is 156 g/mol. The molecular formula is C9H14O3. The van der Waals surface area contributed by atoms with E-state index in [1.54, 1.807) is 20.8 Å². The molecule has 0 rings (SSSR count). The van der Waals surface area contributed by atoms with Gasteiger partial charge in [-0.15, -0.1) is 5.73 Å². The highest BCUT2D eigenvalue weighted by Gasteiger charge is 2.13. The third-order valence-corrected chi connectivity index (χ3v) is 0.817. The van der Waals surface area contributed by atoms with Gasteiger partial charge in [0.15, 0.2) is 0 Å². The van der Waals surface area contributed by atoms with E-state index in [-0.39, 0.29) is 6.61 Å². The second-order valence-electron chi connectivity index (χ2n) is 3.23. The van der Waals surface area contributed by atoms with Gasteiger partial charge in [0, 0.05) is 0 Å². The third-order valence-electron chi connectivity index (χ3n) is 0.817. The van der Waals surface area contributed by atoms with Crippen molar-refractivity contribution in [3.05, 3.63) is 17.9 Å². The largest absolute Gasteiger partial charge is 0.456 e. The second kappa shape index (κ2) is 4.75. The van der Waals surface area contributed by atoms with Gasteiger partial charge in [0.1, 0.15) is 5.60 Å². The molecule has 0 aliphatic carbocycles. The van der Waals surface area contributed by atoms with Gasteiger partial charge in [-0.2, -0.15) is 0 Å². The Labute approximate surface area is 72.3 Å². The van der Waals surface area contributed by atoms with Gasteiger partial charge in [0.25, 0.3) is 0 Å². The first-order valence-electron chi connectivity index (χ1n) is 3.70. The molecule has 0 aromatic heterocycles. The maximum absolute atomic E-state index is 10.9. The first-order valence-corrected chi connectivity index (χ1v) is 3.70. The van der Waals surface area contributed by atoms with Crippen molar-refractivity contribution >= 4 is 5.97 Å². The average molecular weight is 170 g/mol. The number of aliphatic hydroxyl groups excluding tert-OH is 1. The molecule has 3 nitrogen and oxygen atoms in total. The van der Waals surface area contributed by atoms with E-state index in [1.807, 2.05) is 0 Å². The summed E-state index contributed by atoms with van der Waals surface area (Å²) in [5.74, 6) is -0.452. The Kier molecular flexibility index (Phi) is 4.34. The standard InChI is InChI=1S/C9H14O3/c1-9(2,3)12-8(11)6-4-5-7-10/h5-6,10H,7H2,1-3H3. The zero-order chi connectivity index (χ0) is 9.61. The molecule has 0 bridgehead atoms. The Morgan fingerprint density at radius 3 is 2.58 bits per heavy atom. The van der Waals surface area contributed by atoms with E-state index in [1.165, 1.54) is 6.08 Å². The van der Waals surface area contributed by atoms with E-state index < -0.39 is 11.6 Å². The van der Waals surface area contributed by atoms with Gasteiger partial charge in [0.2, 0.25) is 0 Å². The fourth-order valence-electron chi connectivity index (χ4n) is 0.511. The van der Waals surface area contributed by atoms with Crippen LogP contribution in [-0.4, -0.2) is 23.3 Å². The van der Waals surface area contributed by atoms with Gasteiger partial charge < -0.3 is 9.84 Å². The van der Waals surface area contributed by atoms with Crippen molar-refractivity contribution in [3.63, 3.8) is 0 Å². The summed E-state index contributed by atoms with van der Waals surface area (Å²) in [6.45, 7) is 5.23. The van der Waals surface area contributed by atoms with Crippen LogP contribution in [-0.2, 0) is 9.53 Å². The lowest BCUT2D eigenvalue weighted by atomic mass is 10.2. The Bertz CT molecular complexity index is 204. The van der Waals surface area contributed by atoms with Crippen molar-refractivity contribution < 1.29 is 14.6 Å². The van der Waals surface area contributed by atoms with Crippen molar-refractivity contribution in [3.8, 4) is 0 Å². The minimum Gasteiger partial charge on any atom is -0.456 e. The topological polar surface area (TPSA) is 46.5 Å². The van der Waals surface area contributed by atoms with Gasteiger partial charge in [-0.05, 0) is 26.8 Å². The third kappa shape index (κ3) is 7.06. The number of hydrogen-bond acceptors (Lipinski definition) is 3. The lowest BCUT2D eigenvalue weighted by molar-refractivity contribution is -0.148. The summed E-state index contributed by atoms with van der Waals surface area (Å²) >= 11 is 0. The molecule has 12 heavy (non-hydrogen) atoms. The molecule has 3 heteroatoms. The Hall–Kier alpha value is -1.05. The Morgan fingerprint density at radius 1 is 1.58 bits per heavy atom. The minimum absolute atomic E-state index is 0.126. The van der Waals surface area contributed by atoms with Crippen LogP contribution in [0.25, 0.3) is 0 Å². The molecule has 1 N–H and O–H groups in total. The number of ether oxygens (including phenoxy) is 1. The maximum atomic E-state index is 10.9. The molecule has 0 fully saturated rings. The van der Waals surface area contributed by atoms with E-state index in [0.717, 1.165) is 6.08 Å². The van der Waals surface area contributed by atoms with Gasteiger partial charge in [0.05, 0.1) is 12.7 Å². The number of aliphatic hydroxyl groups is 1. The van der Waals surface area contributed by atoms with Crippen LogP contribution in [0.5, 0.6) is 0 Å². The number of carbonyl (C=O) groups excluding carboxylic acids is 1. The lowest BCUT2D eigenvalue weighted by Gasteiger charge is -2.17.